The van der Waals surface area contributed by atoms with Gasteiger partial charge in [-0.1, -0.05) is 26.6 Å². The number of nitrogens with zero attached hydrogens (tertiary/aromatic N) is 2. The summed E-state index contributed by atoms with van der Waals surface area (Å²) in [7, 11) is -1.25. The van der Waals surface area contributed by atoms with Crippen LogP contribution < -0.4 is 5.32 Å². The molecule has 4 heteroatoms. The molecule has 0 saturated heterocycles. The summed E-state index contributed by atoms with van der Waals surface area (Å²) in [6.07, 6.45) is 3.06. The van der Waals surface area contributed by atoms with Crippen LogP contribution in [-0.2, 0) is 6.54 Å². The van der Waals surface area contributed by atoms with Crippen molar-refractivity contribution < 1.29 is 0 Å². The summed E-state index contributed by atoms with van der Waals surface area (Å²) in [6, 6.07) is 0. The summed E-state index contributed by atoms with van der Waals surface area (Å²) in [5.41, 5.74) is 0. The van der Waals surface area contributed by atoms with Crippen LogP contribution >= 0.6 is 15.9 Å². The van der Waals surface area contributed by atoms with Gasteiger partial charge in [0.05, 0.1) is 10.7 Å². The van der Waals surface area contributed by atoms with Gasteiger partial charge in [-0.2, -0.15) is 5.10 Å². The van der Waals surface area contributed by atoms with Gasteiger partial charge in [0.15, 0.2) is 0 Å². The minimum absolute atomic E-state index is 1.03. The standard InChI is InChI=1S/C9H17BrN2Si/c1-5-6-12-9(13(2,3)4)8(10)7-11-12/h7H,5-6H2,1-4H3. The third kappa shape index (κ3) is 2.44. The van der Waals surface area contributed by atoms with Crippen molar-refractivity contribution >= 4 is 29.3 Å². The highest BCUT2D eigenvalue weighted by Gasteiger charge is 2.24. The Morgan fingerprint density at radius 2 is 2.08 bits per heavy atom. The van der Waals surface area contributed by atoms with Crippen molar-refractivity contribution in [2.75, 3.05) is 0 Å². The molecule has 0 amide bonds. The first-order valence-corrected chi connectivity index (χ1v) is 8.98. The minimum atomic E-state index is -1.25. The second kappa shape index (κ2) is 3.96. The van der Waals surface area contributed by atoms with Crippen LogP contribution in [0.3, 0.4) is 0 Å². The summed E-state index contributed by atoms with van der Waals surface area (Å²) in [5.74, 6) is 0. The lowest BCUT2D eigenvalue weighted by molar-refractivity contribution is 0.615. The predicted octanol–water partition coefficient (Wildman–Crippen LogP) is 2.60. The van der Waals surface area contributed by atoms with Crippen LogP contribution in [-0.4, -0.2) is 17.9 Å². The summed E-state index contributed by atoms with van der Waals surface area (Å²) in [6.45, 7) is 10.3. The molecule has 0 N–H and O–H groups in total. The van der Waals surface area contributed by atoms with Crippen LogP contribution in [0.1, 0.15) is 13.3 Å². The minimum Gasteiger partial charge on any atom is -0.273 e. The number of aryl methyl sites for hydroxylation is 1. The molecule has 2 nitrogen and oxygen atoms in total. The Balaban J connectivity index is 3.09. The lowest BCUT2D eigenvalue weighted by Crippen LogP contribution is -2.44. The molecule has 0 fully saturated rings. The van der Waals surface area contributed by atoms with Gasteiger partial charge in [-0.15, -0.1) is 0 Å². The van der Waals surface area contributed by atoms with Gasteiger partial charge >= 0.3 is 0 Å². The molecular formula is C9H17BrN2Si. The van der Waals surface area contributed by atoms with E-state index in [1.54, 1.807) is 0 Å². The van der Waals surface area contributed by atoms with Crippen LogP contribution in [0.4, 0.5) is 0 Å². The Morgan fingerprint density at radius 3 is 2.54 bits per heavy atom. The second-order valence-corrected chi connectivity index (χ2v) is 10.1. The molecule has 0 aliphatic carbocycles. The van der Waals surface area contributed by atoms with E-state index in [9.17, 15) is 0 Å². The fourth-order valence-electron chi connectivity index (χ4n) is 1.49. The first-order valence-electron chi connectivity index (χ1n) is 4.68. The lowest BCUT2D eigenvalue weighted by atomic mass is 10.5. The lowest BCUT2D eigenvalue weighted by Gasteiger charge is -2.18. The van der Waals surface area contributed by atoms with Crippen molar-refractivity contribution in [3.8, 4) is 0 Å². The van der Waals surface area contributed by atoms with E-state index in [2.05, 4.69) is 52.3 Å². The molecule has 0 bridgehead atoms. The number of hydrogen-bond donors (Lipinski definition) is 0. The van der Waals surface area contributed by atoms with Crippen LogP contribution in [0.15, 0.2) is 10.7 Å². The zero-order valence-corrected chi connectivity index (χ0v) is 11.3. The molecule has 1 rings (SSSR count). The summed E-state index contributed by atoms with van der Waals surface area (Å²) in [4.78, 5) is 0. The van der Waals surface area contributed by atoms with E-state index < -0.39 is 8.07 Å². The fourth-order valence-corrected chi connectivity index (χ4v) is 5.29. The Morgan fingerprint density at radius 1 is 1.46 bits per heavy atom. The van der Waals surface area contributed by atoms with Crippen LogP contribution in [0.25, 0.3) is 0 Å². The van der Waals surface area contributed by atoms with Crippen LogP contribution in [0.2, 0.25) is 19.6 Å². The monoisotopic (exact) mass is 260 g/mol. The number of aromatic nitrogens is 2. The second-order valence-electron chi connectivity index (χ2n) is 4.31. The first kappa shape index (κ1) is 11.0. The van der Waals surface area contributed by atoms with E-state index in [4.69, 9.17) is 0 Å². The fraction of sp³-hybridized carbons (Fsp3) is 0.667. The van der Waals surface area contributed by atoms with Crippen LogP contribution in [0.5, 0.6) is 0 Å². The van der Waals surface area contributed by atoms with Gasteiger partial charge in [-0.3, -0.25) is 4.68 Å². The van der Waals surface area contributed by atoms with Crippen LogP contribution in [0, 0.1) is 0 Å². The van der Waals surface area contributed by atoms with Crippen molar-refractivity contribution in [3.63, 3.8) is 0 Å². The molecule has 0 spiro atoms. The van der Waals surface area contributed by atoms with E-state index in [-0.39, 0.29) is 0 Å². The third-order valence-corrected chi connectivity index (χ3v) is 4.84. The molecule has 0 aliphatic rings. The third-order valence-electron chi connectivity index (χ3n) is 1.94. The van der Waals surface area contributed by atoms with Crippen molar-refractivity contribution in [2.45, 2.75) is 39.5 Å². The van der Waals surface area contributed by atoms with Crippen molar-refractivity contribution in [1.82, 2.24) is 9.78 Å². The quantitative estimate of drug-likeness (QED) is 0.765. The average molecular weight is 261 g/mol. The highest BCUT2D eigenvalue weighted by atomic mass is 79.9. The van der Waals surface area contributed by atoms with Crippen molar-refractivity contribution in [2.24, 2.45) is 0 Å². The molecule has 0 atom stereocenters. The molecule has 0 unspecified atom stereocenters. The van der Waals surface area contributed by atoms with E-state index in [0.717, 1.165) is 13.0 Å². The molecular weight excluding hydrogens is 244 g/mol. The first-order chi connectivity index (χ1) is 5.96. The number of rotatable bonds is 3. The van der Waals surface area contributed by atoms with Gasteiger partial charge in [-0.25, -0.2) is 0 Å². The number of halogens is 1. The average Bonchev–Trinajstić information content (AvgIpc) is 2.31. The molecule has 1 aromatic heterocycles. The van der Waals surface area contributed by atoms with Gasteiger partial charge in [0, 0.05) is 11.9 Å². The smallest absolute Gasteiger partial charge is 0.102 e. The highest BCUT2D eigenvalue weighted by Crippen LogP contribution is 2.12. The zero-order chi connectivity index (χ0) is 10.1. The Bertz CT molecular complexity index is 288. The molecule has 1 aromatic rings. The molecule has 74 valence electrons. The van der Waals surface area contributed by atoms with Gasteiger partial charge in [0.1, 0.15) is 8.07 Å². The van der Waals surface area contributed by atoms with Gasteiger partial charge in [-0.05, 0) is 22.4 Å². The maximum atomic E-state index is 4.38. The van der Waals surface area contributed by atoms with E-state index in [1.165, 1.54) is 9.79 Å². The van der Waals surface area contributed by atoms with Gasteiger partial charge < -0.3 is 0 Å². The summed E-state index contributed by atoms with van der Waals surface area (Å²) >= 11 is 3.57. The molecule has 1 heterocycles. The van der Waals surface area contributed by atoms with E-state index in [1.807, 2.05) is 6.20 Å². The molecule has 0 radical (unpaired) electrons. The van der Waals surface area contributed by atoms with E-state index in [0.29, 0.717) is 0 Å². The molecule has 13 heavy (non-hydrogen) atoms. The largest absolute Gasteiger partial charge is 0.273 e. The topological polar surface area (TPSA) is 17.8 Å². The SMILES string of the molecule is CCCn1ncc(Br)c1[Si](C)(C)C. The molecule has 0 saturated carbocycles. The Labute approximate surface area is 89.5 Å². The Kier molecular flexibility index (Phi) is 3.35. The summed E-state index contributed by atoms with van der Waals surface area (Å²) in [5, 5.41) is 5.80. The normalized spacial score (nSPS) is 12.1. The maximum absolute atomic E-state index is 4.38. The van der Waals surface area contributed by atoms with E-state index >= 15 is 0 Å². The van der Waals surface area contributed by atoms with Gasteiger partial charge in [0.2, 0.25) is 0 Å². The molecule has 0 aromatic carbocycles. The highest BCUT2D eigenvalue weighted by molar-refractivity contribution is 9.10. The zero-order valence-electron chi connectivity index (χ0n) is 8.76. The predicted molar refractivity (Wildman–Crippen MR) is 63.2 cm³/mol. The molecule has 0 aliphatic heterocycles. The van der Waals surface area contributed by atoms with Crippen molar-refractivity contribution in [1.29, 1.82) is 0 Å². The summed E-state index contributed by atoms with van der Waals surface area (Å²) < 4.78 is 3.33. The van der Waals surface area contributed by atoms with Gasteiger partial charge in [0.25, 0.3) is 0 Å². The Hall–Kier alpha value is -0.0931. The number of hydrogen-bond acceptors (Lipinski definition) is 1. The van der Waals surface area contributed by atoms with Crippen molar-refractivity contribution in [3.05, 3.63) is 10.7 Å². The maximum Gasteiger partial charge on any atom is 0.102 e.